The maximum atomic E-state index is 12.6. The first kappa shape index (κ1) is 16.4. The molecule has 0 bridgehead atoms. The number of fused-ring (bicyclic) bond motifs is 1. The number of aryl methyl sites for hydroxylation is 1. The van der Waals surface area contributed by atoms with Crippen molar-refractivity contribution in [1.29, 1.82) is 0 Å². The molecule has 0 atom stereocenters. The van der Waals surface area contributed by atoms with Crippen molar-refractivity contribution in [2.24, 2.45) is 0 Å². The zero-order valence-corrected chi connectivity index (χ0v) is 14.5. The first-order valence-corrected chi connectivity index (χ1v) is 8.20. The molecule has 0 fully saturated rings. The average molecular weight is 355 g/mol. The Hall–Kier alpha value is -2.43. The van der Waals surface area contributed by atoms with E-state index >= 15 is 0 Å². The average Bonchev–Trinajstić information content (AvgIpc) is 2.57. The number of halogens is 1. The number of rotatable bonds is 2. The van der Waals surface area contributed by atoms with Crippen LogP contribution in [0.5, 0.6) is 0 Å². The van der Waals surface area contributed by atoms with Crippen LogP contribution >= 0.6 is 23.8 Å². The Kier molecular flexibility index (Phi) is 4.79. The normalized spacial score (nSPS) is 10.4. The number of anilines is 1. The quantitative estimate of drug-likeness (QED) is 0.641. The summed E-state index contributed by atoms with van der Waals surface area (Å²) < 4.78 is 0. The van der Waals surface area contributed by atoms with Gasteiger partial charge in [0, 0.05) is 21.7 Å². The van der Waals surface area contributed by atoms with E-state index in [1.807, 2.05) is 49.4 Å². The van der Waals surface area contributed by atoms with Crippen LogP contribution in [0.4, 0.5) is 5.69 Å². The highest BCUT2D eigenvalue weighted by atomic mass is 35.5. The third-order valence-corrected chi connectivity index (χ3v) is 4.27. The summed E-state index contributed by atoms with van der Waals surface area (Å²) >= 11 is 11.4. The number of hydrogen-bond acceptors (Lipinski definition) is 2. The van der Waals surface area contributed by atoms with E-state index in [4.69, 9.17) is 23.8 Å². The molecule has 24 heavy (non-hydrogen) atoms. The number of nitrogens with one attached hydrogen (secondary N) is 2. The van der Waals surface area contributed by atoms with E-state index in [1.165, 1.54) is 0 Å². The Morgan fingerprint density at radius 3 is 2.46 bits per heavy atom. The summed E-state index contributed by atoms with van der Waals surface area (Å²) in [5, 5.41) is 8.27. The monoisotopic (exact) mass is 354 g/mol. The Labute approximate surface area is 150 Å². The second kappa shape index (κ2) is 6.99. The van der Waals surface area contributed by atoms with Gasteiger partial charge in [-0.15, -0.1) is 0 Å². The number of amides is 1. The van der Waals surface area contributed by atoms with Crippen molar-refractivity contribution in [3.63, 3.8) is 0 Å². The van der Waals surface area contributed by atoms with Crippen molar-refractivity contribution >= 4 is 51.3 Å². The minimum Gasteiger partial charge on any atom is -0.332 e. The smallest absolute Gasteiger partial charge is 0.258 e. The van der Waals surface area contributed by atoms with Crippen molar-refractivity contribution in [3.05, 3.63) is 76.8 Å². The summed E-state index contributed by atoms with van der Waals surface area (Å²) in [6.45, 7) is 1.97. The lowest BCUT2D eigenvalue weighted by molar-refractivity contribution is 0.0979. The number of carbonyl (C=O) groups is 1. The number of thiocarbonyl (C=S) groups is 1. The fourth-order valence-corrected chi connectivity index (χ4v) is 2.95. The lowest BCUT2D eigenvalue weighted by Crippen LogP contribution is -2.34. The summed E-state index contributed by atoms with van der Waals surface area (Å²) in [6, 6.07) is 18.7. The summed E-state index contributed by atoms with van der Waals surface area (Å²) in [5.74, 6) is -0.269. The predicted octanol–water partition coefficient (Wildman–Crippen LogP) is 4.93. The van der Waals surface area contributed by atoms with Crippen LogP contribution in [-0.2, 0) is 0 Å². The van der Waals surface area contributed by atoms with E-state index in [1.54, 1.807) is 18.2 Å². The van der Waals surface area contributed by atoms with Gasteiger partial charge in [0.05, 0.1) is 0 Å². The topological polar surface area (TPSA) is 41.1 Å². The SMILES string of the molecule is Cc1ccccc1NC(=S)NC(=O)c1cccc2c(Cl)cccc12. The number of benzene rings is 3. The van der Waals surface area contributed by atoms with E-state index in [2.05, 4.69) is 10.6 Å². The molecule has 0 saturated heterocycles. The van der Waals surface area contributed by atoms with E-state index in [0.29, 0.717) is 10.6 Å². The van der Waals surface area contributed by atoms with Crippen molar-refractivity contribution in [1.82, 2.24) is 5.32 Å². The summed E-state index contributed by atoms with van der Waals surface area (Å²) in [7, 11) is 0. The molecule has 120 valence electrons. The predicted molar refractivity (Wildman–Crippen MR) is 104 cm³/mol. The maximum Gasteiger partial charge on any atom is 0.258 e. The molecule has 0 aliphatic heterocycles. The third kappa shape index (κ3) is 3.40. The van der Waals surface area contributed by atoms with Crippen LogP contribution in [0.1, 0.15) is 15.9 Å². The van der Waals surface area contributed by atoms with Crippen LogP contribution in [0, 0.1) is 6.92 Å². The molecule has 0 aliphatic carbocycles. The van der Waals surface area contributed by atoms with Gasteiger partial charge in [0.1, 0.15) is 0 Å². The molecule has 0 unspecified atom stereocenters. The van der Waals surface area contributed by atoms with Gasteiger partial charge in [-0.25, -0.2) is 0 Å². The summed E-state index contributed by atoms with van der Waals surface area (Å²) in [6.07, 6.45) is 0. The second-order valence-corrected chi connectivity index (χ2v) is 6.18. The first-order valence-electron chi connectivity index (χ1n) is 7.41. The largest absolute Gasteiger partial charge is 0.332 e. The van der Waals surface area contributed by atoms with Gasteiger partial charge in [0.15, 0.2) is 5.11 Å². The molecule has 3 nitrogen and oxygen atoms in total. The molecule has 5 heteroatoms. The lowest BCUT2D eigenvalue weighted by Gasteiger charge is -2.12. The van der Waals surface area contributed by atoms with Crippen LogP contribution < -0.4 is 10.6 Å². The van der Waals surface area contributed by atoms with E-state index in [0.717, 1.165) is 22.0 Å². The highest BCUT2D eigenvalue weighted by Gasteiger charge is 2.12. The molecule has 0 heterocycles. The van der Waals surface area contributed by atoms with Gasteiger partial charge in [-0.3, -0.25) is 10.1 Å². The van der Waals surface area contributed by atoms with Gasteiger partial charge < -0.3 is 5.32 Å². The molecule has 0 aliphatic rings. The molecular formula is C19H15ClN2OS. The highest BCUT2D eigenvalue weighted by molar-refractivity contribution is 7.80. The maximum absolute atomic E-state index is 12.6. The zero-order valence-electron chi connectivity index (χ0n) is 13.0. The van der Waals surface area contributed by atoms with Crippen LogP contribution in [0.15, 0.2) is 60.7 Å². The minimum absolute atomic E-state index is 0.258. The second-order valence-electron chi connectivity index (χ2n) is 5.36. The van der Waals surface area contributed by atoms with Crippen molar-refractivity contribution < 1.29 is 4.79 Å². The lowest BCUT2D eigenvalue weighted by atomic mass is 10.0. The number of para-hydroxylation sites is 1. The van der Waals surface area contributed by atoms with Gasteiger partial charge in [-0.05, 0) is 48.3 Å². The number of carbonyl (C=O) groups excluding carboxylic acids is 1. The number of hydrogen-bond donors (Lipinski definition) is 2. The highest BCUT2D eigenvalue weighted by Crippen LogP contribution is 2.25. The van der Waals surface area contributed by atoms with Crippen LogP contribution in [0.3, 0.4) is 0 Å². The fraction of sp³-hybridized carbons (Fsp3) is 0.0526. The first-order chi connectivity index (χ1) is 11.6. The van der Waals surface area contributed by atoms with Crippen molar-refractivity contribution in [2.45, 2.75) is 6.92 Å². The van der Waals surface area contributed by atoms with Gasteiger partial charge in [-0.1, -0.05) is 54.1 Å². The summed E-state index contributed by atoms with van der Waals surface area (Å²) in [5.41, 5.74) is 2.44. The Morgan fingerprint density at radius 2 is 1.67 bits per heavy atom. The van der Waals surface area contributed by atoms with Gasteiger partial charge in [0.25, 0.3) is 5.91 Å². The Balaban J connectivity index is 1.82. The van der Waals surface area contributed by atoms with E-state index in [9.17, 15) is 4.79 Å². The van der Waals surface area contributed by atoms with Gasteiger partial charge in [0.2, 0.25) is 0 Å². The fourth-order valence-electron chi connectivity index (χ4n) is 2.51. The van der Waals surface area contributed by atoms with Crippen LogP contribution in [0.25, 0.3) is 10.8 Å². The Bertz CT molecular complexity index is 940. The standard InChI is InChI=1S/C19H15ClN2OS/c1-12-6-2-3-11-17(12)21-19(24)22-18(23)15-9-4-8-14-13(15)7-5-10-16(14)20/h2-11H,1H3,(H2,21,22,23,24). The minimum atomic E-state index is -0.269. The van der Waals surface area contributed by atoms with E-state index < -0.39 is 0 Å². The molecule has 3 aromatic carbocycles. The molecular weight excluding hydrogens is 340 g/mol. The van der Waals surface area contributed by atoms with Crippen molar-refractivity contribution in [2.75, 3.05) is 5.32 Å². The molecule has 3 rings (SSSR count). The molecule has 1 amide bonds. The molecule has 3 aromatic rings. The van der Waals surface area contributed by atoms with Crippen LogP contribution in [-0.4, -0.2) is 11.0 Å². The molecule has 0 saturated carbocycles. The van der Waals surface area contributed by atoms with E-state index in [-0.39, 0.29) is 11.0 Å². The Morgan fingerprint density at radius 1 is 0.958 bits per heavy atom. The molecule has 0 aromatic heterocycles. The molecule has 0 spiro atoms. The molecule has 2 N–H and O–H groups in total. The molecule has 0 radical (unpaired) electrons. The summed E-state index contributed by atoms with van der Waals surface area (Å²) in [4.78, 5) is 12.6. The van der Waals surface area contributed by atoms with Gasteiger partial charge in [-0.2, -0.15) is 0 Å². The zero-order chi connectivity index (χ0) is 17.1. The van der Waals surface area contributed by atoms with Crippen molar-refractivity contribution in [3.8, 4) is 0 Å². The van der Waals surface area contributed by atoms with Gasteiger partial charge >= 0.3 is 0 Å². The third-order valence-electron chi connectivity index (χ3n) is 3.73. The van der Waals surface area contributed by atoms with Crippen LogP contribution in [0.2, 0.25) is 5.02 Å².